The van der Waals surface area contributed by atoms with Gasteiger partial charge in [-0.2, -0.15) is 0 Å². The lowest BCUT2D eigenvalue weighted by Gasteiger charge is -2.33. The molecule has 0 aromatic rings. The first kappa shape index (κ1) is 40.4. The Morgan fingerprint density at radius 1 is 0.302 bits per heavy atom. The van der Waals surface area contributed by atoms with E-state index in [-0.39, 0.29) is 0 Å². The van der Waals surface area contributed by atoms with Gasteiger partial charge >= 0.3 is 0 Å². The van der Waals surface area contributed by atoms with Crippen molar-refractivity contribution < 1.29 is 0 Å². The molecule has 0 fully saturated rings. The fraction of sp³-hybridized carbons (Fsp3) is 0.951. The number of nitrogens with zero attached hydrogens (tertiary/aromatic N) is 2. The molecule has 0 amide bonds. The van der Waals surface area contributed by atoms with Crippen LogP contribution < -0.4 is 0 Å². The van der Waals surface area contributed by atoms with Crippen LogP contribution >= 0.6 is 0 Å². The number of hydrogen-bond acceptors (Lipinski definition) is 2. The predicted octanol–water partition coefficient (Wildman–Crippen LogP) is 14.3. The van der Waals surface area contributed by atoms with Crippen LogP contribution in [0.5, 0.6) is 0 Å². The second kappa shape index (κ2) is 32.7. The molecule has 0 aliphatic carbocycles. The molecule has 1 heterocycles. The highest BCUT2D eigenvalue weighted by Gasteiger charge is 2.24. The molecular weight excluding hydrogens is 520 g/mol. The maximum Gasteiger partial charge on any atom is 0.101 e. The monoisotopic (exact) mass is 603 g/mol. The second-order valence-corrected chi connectivity index (χ2v) is 14.3. The summed E-state index contributed by atoms with van der Waals surface area (Å²) in [5.41, 5.74) is 0. The molecule has 0 aromatic heterocycles. The van der Waals surface area contributed by atoms with Crippen LogP contribution in [-0.2, 0) is 0 Å². The lowest BCUT2D eigenvalue weighted by Crippen LogP contribution is -2.39. The minimum atomic E-state index is 0.639. The maximum atomic E-state index is 2.70. The van der Waals surface area contributed by atoms with Gasteiger partial charge in [0.2, 0.25) is 0 Å². The highest BCUT2D eigenvalue weighted by molar-refractivity contribution is 4.97. The van der Waals surface area contributed by atoms with Gasteiger partial charge in [-0.15, -0.1) is 0 Å². The standard InChI is InChI=1S/C41H82N2/c1-4-7-10-12-14-16-18-20-21-22-23-24-26-28-30-32-35-38-43-40-39-42(41(43)36-33-9-6-3)37-34-31-29-27-25-19-17-15-13-11-8-5-2/h39-41H,4-38H2,1-3H3. The van der Waals surface area contributed by atoms with E-state index in [1.165, 1.54) is 225 Å². The number of unbranched alkanes of at least 4 members (excludes halogenated alkanes) is 29. The third-order valence-corrected chi connectivity index (χ3v) is 10.1. The van der Waals surface area contributed by atoms with Crippen LogP contribution in [0.1, 0.15) is 233 Å². The van der Waals surface area contributed by atoms with Crippen LogP contribution in [0.2, 0.25) is 0 Å². The molecule has 1 aliphatic rings. The van der Waals surface area contributed by atoms with Gasteiger partial charge in [-0.1, -0.05) is 207 Å². The third kappa shape index (κ3) is 25.2. The van der Waals surface area contributed by atoms with Crippen LogP contribution in [0.3, 0.4) is 0 Å². The Balaban J connectivity index is 2.01. The van der Waals surface area contributed by atoms with E-state index in [2.05, 4.69) is 43.0 Å². The van der Waals surface area contributed by atoms with Crippen LogP contribution in [0.15, 0.2) is 12.4 Å². The van der Waals surface area contributed by atoms with Crippen molar-refractivity contribution in [2.75, 3.05) is 13.1 Å². The van der Waals surface area contributed by atoms with Crippen molar-refractivity contribution in [1.82, 2.24) is 9.80 Å². The summed E-state index contributed by atoms with van der Waals surface area (Å²) in [5.74, 6) is 0. The topological polar surface area (TPSA) is 6.48 Å². The van der Waals surface area contributed by atoms with E-state index in [1.807, 2.05) is 0 Å². The molecule has 1 aliphatic heterocycles. The summed E-state index contributed by atoms with van der Waals surface area (Å²) in [6.45, 7) is 9.49. The average Bonchev–Trinajstić information content (AvgIpc) is 3.40. The van der Waals surface area contributed by atoms with Crippen LogP contribution in [0.25, 0.3) is 0 Å². The first-order chi connectivity index (χ1) is 21.3. The van der Waals surface area contributed by atoms with Crippen molar-refractivity contribution in [1.29, 1.82) is 0 Å². The summed E-state index contributed by atoms with van der Waals surface area (Å²) in [4.78, 5) is 5.39. The summed E-state index contributed by atoms with van der Waals surface area (Å²) in [6, 6.07) is 0. The Hall–Kier alpha value is -0.660. The molecule has 1 rings (SSSR count). The first-order valence-corrected chi connectivity index (χ1v) is 20.5. The highest BCUT2D eigenvalue weighted by atomic mass is 15.4. The molecule has 0 saturated carbocycles. The lowest BCUT2D eigenvalue weighted by atomic mass is 10.0. The third-order valence-electron chi connectivity index (χ3n) is 10.1. The predicted molar refractivity (Wildman–Crippen MR) is 196 cm³/mol. The molecule has 2 heteroatoms. The lowest BCUT2D eigenvalue weighted by molar-refractivity contribution is 0.135. The maximum absolute atomic E-state index is 2.70. The Labute approximate surface area is 273 Å². The molecule has 0 saturated heterocycles. The molecule has 0 N–H and O–H groups in total. The fourth-order valence-corrected chi connectivity index (χ4v) is 7.07. The zero-order chi connectivity index (χ0) is 30.9. The molecule has 1 unspecified atom stereocenters. The SMILES string of the molecule is CCCCCCCCCCCCCCCCCCCN1C=CN(CCCCCCCCCCCCCC)C1CCCCC. The minimum Gasteiger partial charge on any atom is -0.356 e. The van der Waals surface area contributed by atoms with Gasteiger partial charge in [-0.05, 0) is 25.7 Å². The van der Waals surface area contributed by atoms with Gasteiger partial charge in [0.25, 0.3) is 0 Å². The minimum absolute atomic E-state index is 0.639. The van der Waals surface area contributed by atoms with E-state index in [9.17, 15) is 0 Å². The van der Waals surface area contributed by atoms with Crippen molar-refractivity contribution in [2.24, 2.45) is 0 Å². The van der Waals surface area contributed by atoms with E-state index >= 15 is 0 Å². The van der Waals surface area contributed by atoms with Gasteiger partial charge in [0.15, 0.2) is 0 Å². The average molecular weight is 603 g/mol. The van der Waals surface area contributed by atoms with Crippen molar-refractivity contribution in [2.45, 2.75) is 239 Å². The molecule has 43 heavy (non-hydrogen) atoms. The summed E-state index contributed by atoms with van der Waals surface area (Å²) in [5, 5.41) is 0. The van der Waals surface area contributed by atoms with E-state index in [1.54, 1.807) is 0 Å². The van der Waals surface area contributed by atoms with Gasteiger partial charge in [0.1, 0.15) is 6.17 Å². The summed E-state index contributed by atoms with van der Waals surface area (Å²) in [6.07, 6.45) is 53.0. The molecule has 1 atom stereocenters. The van der Waals surface area contributed by atoms with E-state index in [0.29, 0.717) is 6.17 Å². The van der Waals surface area contributed by atoms with Gasteiger partial charge in [-0.3, -0.25) is 0 Å². The molecule has 0 radical (unpaired) electrons. The summed E-state index contributed by atoms with van der Waals surface area (Å²) < 4.78 is 0. The van der Waals surface area contributed by atoms with E-state index in [4.69, 9.17) is 0 Å². The molecule has 0 aromatic carbocycles. The Bertz CT molecular complexity index is 558. The summed E-state index contributed by atoms with van der Waals surface area (Å²) in [7, 11) is 0. The molecular formula is C41H82N2. The van der Waals surface area contributed by atoms with Crippen LogP contribution in [-0.4, -0.2) is 29.1 Å². The van der Waals surface area contributed by atoms with Crippen molar-refractivity contribution >= 4 is 0 Å². The van der Waals surface area contributed by atoms with Crippen LogP contribution in [0, 0.1) is 0 Å². The first-order valence-electron chi connectivity index (χ1n) is 20.5. The van der Waals surface area contributed by atoms with E-state index < -0.39 is 0 Å². The molecule has 0 bridgehead atoms. The zero-order valence-electron chi connectivity index (χ0n) is 30.4. The van der Waals surface area contributed by atoms with Gasteiger partial charge < -0.3 is 9.80 Å². The Morgan fingerprint density at radius 2 is 0.535 bits per heavy atom. The van der Waals surface area contributed by atoms with E-state index in [0.717, 1.165) is 0 Å². The number of hydrogen-bond donors (Lipinski definition) is 0. The molecule has 2 nitrogen and oxygen atoms in total. The normalized spacial score (nSPS) is 14.9. The largest absolute Gasteiger partial charge is 0.356 e. The molecule has 256 valence electrons. The van der Waals surface area contributed by atoms with Gasteiger partial charge in [-0.25, -0.2) is 0 Å². The smallest absolute Gasteiger partial charge is 0.101 e. The molecule has 0 spiro atoms. The highest BCUT2D eigenvalue weighted by Crippen LogP contribution is 2.24. The van der Waals surface area contributed by atoms with Gasteiger partial charge in [0.05, 0.1) is 0 Å². The zero-order valence-corrected chi connectivity index (χ0v) is 30.4. The summed E-state index contributed by atoms with van der Waals surface area (Å²) >= 11 is 0. The van der Waals surface area contributed by atoms with Crippen molar-refractivity contribution in [3.8, 4) is 0 Å². The Morgan fingerprint density at radius 3 is 0.814 bits per heavy atom. The fourth-order valence-electron chi connectivity index (χ4n) is 7.07. The van der Waals surface area contributed by atoms with Gasteiger partial charge in [0, 0.05) is 25.5 Å². The van der Waals surface area contributed by atoms with Crippen molar-refractivity contribution in [3.63, 3.8) is 0 Å². The number of rotatable bonds is 35. The van der Waals surface area contributed by atoms with Crippen molar-refractivity contribution in [3.05, 3.63) is 12.4 Å². The second-order valence-electron chi connectivity index (χ2n) is 14.3. The van der Waals surface area contributed by atoms with Crippen LogP contribution in [0.4, 0.5) is 0 Å². The quantitative estimate of drug-likeness (QED) is 0.0666. The Kier molecular flexibility index (Phi) is 30.7.